The highest BCUT2D eigenvalue weighted by Gasteiger charge is 2.36. The number of thioether (sulfide) groups is 1. The second-order valence-corrected chi connectivity index (χ2v) is 9.17. The van der Waals surface area contributed by atoms with Gasteiger partial charge in [-0.25, -0.2) is 9.38 Å². The molecule has 184 valence electrons. The third-order valence-electron chi connectivity index (χ3n) is 5.63. The van der Waals surface area contributed by atoms with Crippen LogP contribution < -0.4 is 9.64 Å². The number of ether oxygens (including phenoxy) is 2. The SMILES string of the molecule is CCOc1ccc(N2C(=O)C(=Cc3ccc(F)cc3)N=C2SC(CC)C(=O)N2CCOCC2)cc1. The predicted molar refractivity (Wildman–Crippen MR) is 136 cm³/mol. The Hall–Kier alpha value is -3.17. The van der Waals surface area contributed by atoms with Gasteiger partial charge in [0.1, 0.15) is 17.3 Å². The Labute approximate surface area is 208 Å². The summed E-state index contributed by atoms with van der Waals surface area (Å²) in [6.07, 6.45) is 2.21. The number of hydrogen-bond acceptors (Lipinski definition) is 6. The van der Waals surface area contributed by atoms with E-state index in [-0.39, 0.29) is 23.3 Å². The highest BCUT2D eigenvalue weighted by atomic mass is 32.2. The van der Waals surface area contributed by atoms with Gasteiger partial charge in [0.2, 0.25) is 5.91 Å². The van der Waals surface area contributed by atoms with Crippen molar-refractivity contribution in [2.24, 2.45) is 4.99 Å². The predicted octanol–water partition coefficient (Wildman–Crippen LogP) is 4.34. The van der Waals surface area contributed by atoms with Crippen LogP contribution in [0.1, 0.15) is 25.8 Å². The summed E-state index contributed by atoms with van der Waals surface area (Å²) in [5, 5.41) is 0.0380. The minimum atomic E-state index is -0.394. The molecule has 0 bridgehead atoms. The van der Waals surface area contributed by atoms with Crippen LogP contribution in [0.25, 0.3) is 6.08 Å². The van der Waals surface area contributed by atoms with E-state index in [1.807, 2.05) is 13.8 Å². The van der Waals surface area contributed by atoms with Gasteiger partial charge in [0, 0.05) is 13.1 Å². The molecule has 2 aromatic rings. The van der Waals surface area contributed by atoms with Crippen LogP contribution >= 0.6 is 11.8 Å². The van der Waals surface area contributed by atoms with E-state index < -0.39 is 5.25 Å². The van der Waals surface area contributed by atoms with Crippen LogP contribution in [-0.2, 0) is 14.3 Å². The third-order valence-corrected chi connectivity index (χ3v) is 6.93. The lowest BCUT2D eigenvalue weighted by atomic mass is 10.2. The number of benzene rings is 2. The molecule has 0 N–H and O–H groups in total. The lowest BCUT2D eigenvalue weighted by Gasteiger charge is -2.30. The Balaban J connectivity index is 1.64. The number of hydrogen-bond donors (Lipinski definition) is 0. The zero-order valence-electron chi connectivity index (χ0n) is 19.8. The lowest BCUT2D eigenvalue weighted by molar-refractivity contribution is -0.134. The molecule has 1 fully saturated rings. The van der Waals surface area contributed by atoms with Crippen LogP contribution in [0.15, 0.2) is 59.2 Å². The summed E-state index contributed by atoms with van der Waals surface area (Å²) >= 11 is 1.28. The van der Waals surface area contributed by atoms with E-state index in [4.69, 9.17) is 9.47 Å². The largest absolute Gasteiger partial charge is 0.494 e. The number of halogens is 1. The molecule has 2 aliphatic heterocycles. The molecule has 0 radical (unpaired) electrons. The van der Waals surface area contributed by atoms with Gasteiger partial charge in [-0.05, 0) is 61.4 Å². The maximum Gasteiger partial charge on any atom is 0.283 e. The number of carbonyl (C=O) groups excluding carboxylic acids is 2. The topological polar surface area (TPSA) is 71.4 Å². The van der Waals surface area contributed by atoms with Crippen molar-refractivity contribution >= 4 is 40.5 Å². The molecule has 1 unspecified atom stereocenters. The van der Waals surface area contributed by atoms with Gasteiger partial charge in [-0.3, -0.25) is 14.5 Å². The maximum absolute atomic E-state index is 13.5. The molecule has 2 aromatic carbocycles. The van der Waals surface area contributed by atoms with Gasteiger partial charge in [0.05, 0.1) is 30.8 Å². The number of carbonyl (C=O) groups is 2. The number of amides is 2. The molecule has 2 amide bonds. The fraction of sp³-hybridized carbons (Fsp3) is 0.346. The van der Waals surface area contributed by atoms with Crippen molar-refractivity contribution in [3.05, 3.63) is 65.6 Å². The van der Waals surface area contributed by atoms with Gasteiger partial charge < -0.3 is 14.4 Å². The van der Waals surface area contributed by atoms with Crippen LogP contribution in [0.2, 0.25) is 0 Å². The molecule has 0 saturated carbocycles. The first-order chi connectivity index (χ1) is 17.0. The minimum absolute atomic E-state index is 0.0126. The lowest BCUT2D eigenvalue weighted by Crippen LogP contribution is -2.45. The van der Waals surface area contributed by atoms with Crippen molar-refractivity contribution in [1.29, 1.82) is 0 Å². The number of aliphatic imine (C=N–C) groups is 1. The molecule has 9 heteroatoms. The molecule has 7 nitrogen and oxygen atoms in total. The van der Waals surface area contributed by atoms with Crippen LogP contribution in [0.4, 0.5) is 10.1 Å². The molecule has 0 aromatic heterocycles. The van der Waals surface area contributed by atoms with E-state index >= 15 is 0 Å². The normalized spacial score (nSPS) is 18.1. The first-order valence-electron chi connectivity index (χ1n) is 11.7. The number of anilines is 1. The summed E-state index contributed by atoms with van der Waals surface area (Å²) in [6, 6.07) is 13.0. The third kappa shape index (κ3) is 5.91. The summed E-state index contributed by atoms with van der Waals surface area (Å²) in [5.74, 6) is 0.0475. The van der Waals surface area contributed by atoms with E-state index in [2.05, 4.69) is 4.99 Å². The summed E-state index contributed by atoms with van der Waals surface area (Å²) < 4.78 is 24.2. The van der Waals surface area contributed by atoms with Gasteiger partial charge in [0.25, 0.3) is 5.91 Å². The molecule has 1 atom stereocenters. The number of nitrogens with zero attached hydrogens (tertiary/aromatic N) is 3. The molecular formula is C26H28FN3O4S. The Morgan fingerprint density at radius 2 is 1.83 bits per heavy atom. The first-order valence-corrected chi connectivity index (χ1v) is 12.5. The van der Waals surface area contributed by atoms with E-state index in [1.54, 1.807) is 47.4 Å². The zero-order valence-corrected chi connectivity index (χ0v) is 20.6. The molecule has 35 heavy (non-hydrogen) atoms. The molecule has 2 heterocycles. The number of amidine groups is 1. The van der Waals surface area contributed by atoms with Crippen molar-refractivity contribution in [3.63, 3.8) is 0 Å². The second kappa shape index (κ2) is 11.5. The molecule has 0 aliphatic carbocycles. The Morgan fingerprint density at radius 1 is 1.14 bits per heavy atom. The first kappa shape index (κ1) is 24.9. The van der Waals surface area contributed by atoms with E-state index in [9.17, 15) is 14.0 Å². The molecular weight excluding hydrogens is 469 g/mol. The second-order valence-electron chi connectivity index (χ2n) is 8.00. The zero-order chi connectivity index (χ0) is 24.8. The van der Waals surface area contributed by atoms with Crippen molar-refractivity contribution in [2.75, 3.05) is 37.8 Å². The van der Waals surface area contributed by atoms with Gasteiger partial charge in [0.15, 0.2) is 5.17 Å². The van der Waals surface area contributed by atoms with Gasteiger partial charge in [-0.1, -0.05) is 30.8 Å². The van der Waals surface area contributed by atoms with Crippen LogP contribution in [0.5, 0.6) is 5.75 Å². The van der Waals surface area contributed by atoms with E-state index in [0.29, 0.717) is 61.5 Å². The van der Waals surface area contributed by atoms with E-state index in [0.717, 1.165) is 0 Å². The summed E-state index contributed by atoms with van der Waals surface area (Å²) in [4.78, 5) is 34.6. The quantitative estimate of drug-likeness (QED) is 0.533. The summed E-state index contributed by atoms with van der Waals surface area (Å²) in [5.41, 5.74) is 1.51. The summed E-state index contributed by atoms with van der Waals surface area (Å²) in [6.45, 7) is 6.55. The molecule has 0 spiro atoms. The monoisotopic (exact) mass is 497 g/mol. The number of rotatable bonds is 7. The van der Waals surface area contributed by atoms with Crippen LogP contribution in [0, 0.1) is 5.82 Å². The summed E-state index contributed by atoms with van der Waals surface area (Å²) in [7, 11) is 0. The Kier molecular flexibility index (Phi) is 8.20. The highest BCUT2D eigenvalue weighted by Crippen LogP contribution is 2.33. The smallest absolute Gasteiger partial charge is 0.283 e. The fourth-order valence-electron chi connectivity index (χ4n) is 3.80. The fourth-order valence-corrected chi connectivity index (χ4v) is 4.92. The highest BCUT2D eigenvalue weighted by molar-refractivity contribution is 8.15. The van der Waals surface area contributed by atoms with Crippen molar-refractivity contribution in [3.8, 4) is 5.75 Å². The number of morpholine rings is 1. The van der Waals surface area contributed by atoms with Crippen molar-refractivity contribution < 1.29 is 23.5 Å². The molecule has 2 aliphatic rings. The maximum atomic E-state index is 13.5. The Bertz CT molecular complexity index is 1110. The molecule has 4 rings (SSSR count). The average Bonchev–Trinajstić information content (AvgIpc) is 3.19. The van der Waals surface area contributed by atoms with Gasteiger partial charge in [-0.2, -0.15) is 0 Å². The van der Waals surface area contributed by atoms with E-state index in [1.165, 1.54) is 28.8 Å². The average molecular weight is 498 g/mol. The van der Waals surface area contributed by atoms with Gasteiger partial charge >= 0.3 is 0 Å². The van der Waals surface area contributed by atoms with Crippen molar-refractivity contribution in [2.45, 2.75) is 25.5 Å². The standard InChI is InChI=1S/C26H28FN3O4S/c1-3-23(25(32)29-13-15-33-16-14-29)35-26-28-22(17-18-5-7-19(27)8-6-18)24(31)30(26)20-9-11-21(12-10-20)34-4-2/h5-12,17,23H,3-4,13-16H2,1-2H3. The van der Waals surface area contributed by atoms with Crippen molar-refractivity contribution in [1.82, 2.24) is 4.90 Å². The molecule has 1 saturated heterocycles. The van der Waals surface area contributed by atoms with Gasteiger partial charge in [-0.15, -0.1) is 0 Å². The van der Waals surface area contributed by atoms with Crippen LogP contribution in [-0.4, -0.2) is 60.0 Å². The minimum Gasteiger partial charge on any atom is -0.494 e. The Morgan fingerprint density at radius 3 is 2.46 bits per heavy atom. The van der Waals surface area contributed by atoms with Crippen LogP contribution in [0.3, 0.4) is 0 Å².